The van der Waals surface area contributed by atoms with Crippen LogP contribution in [0.25, 0.3) is 21.8 Å². The minimum absolute atomic E-state index is 0.152. The Labute approximate surface area is 190 Å². The van der Waals surface area contributed by atoms with Crippen LogP contribution in [0.5, 0.6) is 0 Å². The minimum atomic E-state index is -3.70. The van der Waals surface area contributed by atoms with Crippen molar-refractivity contribution in [3.8, 4) is 0 Å². The summed E-state index contributed by atoms with van der Waals surface area (Å²) in [7, 11) is -3.70. The molecule has 0 fully saturated rings. The van der Waals surface area contributed by atoms with Crippen LogP contribution in [0.4, 0.5) is 17.1 Å². The van der Waals surface area contributed by atoms with Crippen LogP contribution in [0.15, 0.2) is 102 Å². The Morgan fingerprint density at radius 1 is 0.656 bits per heavy atom. The number of nitrogens with one attached hydrogen (secondary N) is 2. The molecule has 0 saturated carbocycles. The van der Waals surface area contributed by atoms with Crippen LogP contribution >= 0.6 is 11.6 Å². The summed E-state index contributed by atoms with van der Waals surface area (Å²) in [5.74, 6) is 0. The monoisotopic (exact) mass is 459 g/mol. The summed E-state index contributed by atoms with van der Waals surface area (Å²) >= 11 is 5.85. The van der Waals surface area contributed by atoms with Crippen molar-refractivity contribution in [2.75, 3.05) is 10.0 Å². The van der Waals surface area contributed by atoms with Gasteiger partial charge in [0.1, 0.15) is 0 Å². The van der Waals surface area contributed by atoms with Gasteiger partial charge in [-0.3, -0.25) is 4.72 Å². The van der Waals surface area contributed by atoms with Gasteiger partial charge in [0.05, 0.1) is 21.6 Å². The van der Waals surface area contributed by atoms with Crippen LogP contribution in [0.2, 0.25) is 5.02 Å². The Balaban J connectivity index is 1.45. The minimum Gasteiger partial charge on any atom is -0.354 e. The summed E-state index contributed by atoms with van der Waals surface area (Å²) in [4.78, 5) is 4.90. The van der Waals surface area contributed by atoms with Gasteiger partial charge in [-0.05, 0) is 60.7 Å². The second-order valence-electron chi connectivity index (χ2n) is 7.28. The fraction of sp³-hybridized carbons (Fsp3) is 0. The van der Waals surface area contributed by atoms with Gasteiger partial charge in [-0.15, -0.1) is 0 Å². The number of anilines is 3. The van der Waals surface area contributed by atoms with Gasteiger partial charge in [-0.1, -0.05) is 48.0 Å². The molecule has 158 valence electrons. The lowest BCUT2D eigenvalue weighted by Crippen LogP contribution is -2.12. The Bertz CT molecular complexity index is 1480. The lowest BCUT2D eigenvalue weighted by atomic mass is 10.1. The highest BCUT2D eigenvalue weighted by Crippen LogP contribution is 2.33. The number of halogens is 1. The number of aromatic nitrogens is 1. The highest BCUT2D eigenvalue weighted by Gasteiger charge is 2.14. The van der Waals surface area contributed by atoms with E-state index in [1.165, 1.54) is 12.1 Å². The number of hydrogen-bond donors (Lipinski definition) is 2. The molecule has 1 heterocycles. The molecule has 5 nitrogen and oxygen atoms in total. The number of sulfonamides is 1. The molecular weight excluding hydrogens is 442 g/mol. The molecule has 0 atom stereocenters. The van der Waals surface area contributed by atoms with Crippen LogP contribution in [-0.4, -0.2) is 13.4 Å². The number of para-hydroxylation sites is 2. The average Bonchev–Trinajstić information content (AvgIpc) is 2.80. The number of benzene rings is 4. The Morgan fingerprint density at radius 2 is 1.19 bits per heavy atom. The quantitative estimate of drug-likeness (QED) is 0.291. The summed E-state index contributed by atoms with van der Waals surface area (Å²) in [6.45, 7) is 0. The zero-order chi connectivity index (χ0) is 22.1. The average molecular weight is 460 g/mol. The molecule has 0 amide bonds. The van der Waals surface area contributed by atoms with Crippen molar-refractivity contribution in [2.45, 2.75) is 4.90 Å². The van der Waals surface area contributed by atoms with Crippen LogP contribution < -0.4 is 10.0 Å². The van der Waals surface area contributed by atoms with E-state index in [1.807, 2.05) is 60.7 Å². The third-order valence-corrected chi connectivity index (χ3v) is 6.77. The second kappa shape index (κ2) is 8.15. The molecule has 2 N–H and O–H groups in total. The predicted octanol–water partition coefficient (Wildman–Crippen LogP) is 6.59. The van der Waals surface area contributed by atoms with E-state index in [0.29, 0.717) is 10.7 Å². The molecule has 0 unspecified atom stereocenters. The van der Waals surface area contributed by atoms with E-state index >= 15 is 0 Å². The SMILES string of the molecule is O=S(=O)(Nc1ccc(Nc2c3ccccc3nc3ccccc23)cc1)c1ccc(Cl)cc1. The molecule has 0 aliphatic heterocycles. The number of nitrogens with zero attached hydrogens (tertiary/aromatic N) is 1. The smallest absolute Gasteiger partial charge is 0.261 e. The van der Waals surface area contributed by atoms with Gasteiger partial charge in [0.2, 0.25) is 0 Å². The summed E-state index contributed by atoms with van der Waals surface area (Å²) in [6, 6.07) is 29.1. The first-order chi connectivity index (χ1) is 15.5. The van der Waals surface area contributed by atoms with E-state index in [9.17, 15) is 8.42 Å². The van der Waals surface area contributed by atoms with Gasteiger partial charge in [-0.2, -0.15) is 0 Å². The Kier molecular flexibility index (Phi) is 5.17. The molecule has 5 aromatic rings. The second-order valence-corrected chi connectivity index (χ2v) is 9.40. The van der Waals surface area contributed by atoms with E-state index < -0.39 is 10.0 Å². The molecule has 4 aromatic carbocycles. The highest BCUT2D eigenvalue weighted by atomic mass is 35.5. The van der Waals surface area contributed by atoms with Crippen molar-refractivity contribution < 1.29 is 8.42 Å². The van der Waals surface area contributed by atoms with Crippen molar-refractivity contribution in [3.05, 3.63) is 102 Å². The first-order valence-electron chi connectivity index (χ1n) is 9.93. The Morgan fingerprint density at radius 3 is 1.78 bits per heavy atom. The lowest BCUT2D eigenvalue weighted by Gasteiger charge is -2.14. The molecule has 0 aliphatic carbocycles. The van der Waals surface area contributed by atoms with Crippen LogP contribution in [0.1, 0.15) is 0 Å². The van der Waals surface area contributed by atoms with Gasteiger partial charge in [-0.25, -0.2) is 13.4 Å². The van der Waals surface area contributed by atoms with E-state index in [-0.39, 0.29) is 4.90 Å². The fourth-order valence-electron chi connectivity index (χ4n) is 3.57. The highest BCUT2D eigenvalue weighted by molar-refractivity contribution is 7.92. The number of fused-ring (bicyclic) bond motifs is 2. The fourth-order valence-corrected chi connectivity index (χ4v) is 4.75. The zero-order valence-corrected chi connectivity index (χ0v) is 18.4. The molecule has 0 saturated heterocycles. The standard InChI is InChI=1S/C25H18ClN3O2S/c26-17-9-15-20(16-10-17)32(30,31)29-19-13-11-18(12-14-19)27-25-21-5-1-3-7-23(21)28-24-8-4-2-6-22(24)25/h1-16,29H,(H,27,28). The van der Waals surface area contributed by atoms with Crippen LogP contribution in [0.3, 0.4) is 0 Å². The van der Waals surface area contributed by atoms with Crippen molar-refractivity contribution in [1.29, 1.82) is 0 Å². The number of rotatable bonds is 5. The molecule has 5 rings (SSSR count). The topological polar surface area (TPSA) is 71.1 Å². The third kappa shape index (κ3) is 3.98. The third-order valence-electron chi connectivity index (χ3n) is 5.12. The maximum Gasteiger partial charge on any atom is 0.261 e. The maximum absolute atomic E-state index is 12.6. The largest absolute Gasteiger partial charge is 0.354 e. The van der Waals surface area contributed by atoms with Gasteiger partial charge in [0.25, 0.3) is 10.0 Å². The van der Waals surface area contributed by atoms with E-state index in [1.54, 1.807) is 24.3 Å². The predicted molar refractivity (Wildman–Crippen MR) is 131 cm³/mol. The number of pyridine rings is 1. The van der Waals surface area contributed by atoms with Crippen molar-refractivity contribution in [2.24, 2.45) is 0 Å². The van der Waals surface area contributed by atoms with Crippen molar-refractivity contribution >= 4 is 60.5 Å². The van der Waals surface area contributed by atoms with E-state index in [0.717, 1.165) is 33.2 Å². The molecule has 0 spiro atoms. The van der Waals surface area contributed by atoms with E-state index in [2.05, 4.69) is 10.0 Å². The van der Waals surface area contributed by atoms with Gasteiger partial charge < -0.3 is 5.32 Å². The summed E-state index contributed by atoms with van der Waals surface area (Å²) in [6.07, 6.45) is 0. The molecular formula is C25H18ClN3O2S. The van der Waals surface area contributed by atoms with Gasteiger partial charge in [0, 0.05) is 27.2 Å². The molecule has 0 radical (unpaired) electrons. The summed E-state index contributed by atoms with van der Waals surface area (Å²) in [5.41, 5.74) is 4.07. The Hall–Kier alpha value is -3.61. The van der Waals surface area contributed by atoms with Gasteiger partial charge >= 0.3 is 0 Å². The summed E-state index contributed by atoms with van der Waals surface area (Å²) < 4.78 is 27.8. The maximum atomic E-state index is 12.6. The molecule has 0 aliphatic rings. The zero-order valence-electron chi connectivity index (χ0n) is 16.8. The van der Waals surface area contributed by atoms with Crippen LogP contribution in [-0.2, 0) is 10.0 Å². The first-order valence-corrected chi connectivity index (χ1v) is 11.8. The molecule has 32 heavy (non-hydrogen) atoms. The summed E-state index contributed by atoms with van der Waals surface area (Å²) in [5, 5.41) is 5.99. The molecule has 0 bridgehead atoms. The van der Waals surface area contributed by atoms with Gasteiger partial charge in [0.15, 0.2) is 0 Å². The molecule has 1 aromatic heterocycles. The molecule has 7 heteroatoms. The van der Waals surface area contributed by atoms with E-state index in [4.69, 9.17) is 16.6 Å². The van der Waals surface area contributed by atoms with Crippen LogP contribution in [0, 0.1) is 0 Å². The lowest BCUT2D eigenvalue weighted by molar-refractivity contribution is 0.601. The normalized spacial score (nSPS) is 11.5. The van der Waals surface area contributed by atoms with Crippen molar-refractivity contribution in [3.63, 3.8) is 0 Å². The van der Waals surface area contributed by atoms with Crippen molar-refractivity contribution in [1.82, 2.24) is 4.98 Å². The first kappa shape index (κ1) is 20.3. The number of hydrogen-bond acceptors (Lipinski definition) is 4.